The average molecular weight is 628 g/mol. The molecule has 4 aromatic rings. The number of H-pyrrole nitrogens is 2. The molecule has 0 aliphatic heterocycles. The maximum atomic E-state index is 4.29. The summed E-state index contributed by atoms with van der Waals surface area (Å²) in [5.74, 6) is 0. The molecule has 0 bridgehead atoms. The molecule has 0 saturated heterocycles. The molecule has 0 amide bonds. The normalized spacial score (nSPS) is 10.8. The van der Waals surface area contributed by atoms with Crippen molar-refractivity contribution in [3.8, 4) is 11.4 Å². The van der Waals surface area contributed by atoms with E-state index in [1.807, 2.05) is 48.8 Å². The van der Waals surface area contributed by atoms with Gasteiger partial charge in [0.2, 0.25) is 0 Å². The molecule has 0 saturated carbocycles. The fourth-order valence-electron chi connectivity index (χ4n) is 2.70. The van der Waals surface area contributed by atoms with Crippen molar-refractivity contribution in [1.29, 1.82) is 0 Å². The molecule has 0 spiro atoms. The Balaban J connectivity index is 0.000000254. The Morgan fingerprint density at radius 1 is 0.576 bits per heavy atom. The zero-order valence-electron chi connectivity index (χ0n) is 20.9. The van der Waals surface area contributed by atoms with Crippen LogP contribution in [0.15, 0.2) is 61.2 Å². The van der Waals surface area contributed by atoms with Crippen LogP contribution in [0.5, 0.6) is 0 Å². The van der Waals surface area contributed by atoms with Crippen LogP contribution in [0, 0.1) is 13.8 Å². The van der Waals surface area contributed by atoms with E-state index in [0.29, 0.717) is 0 Å². The van der Waals surface area contributed by atoms with Gasteiger partial charge in [-0.15, -0.1) is 0 Å². The average Bonchev–Trinajstić information content (AvgIpc) is 3.42. The van der Waals surface area contributed by atoms with Crippen molar-refractivity contribution in [2.45, 2.75) is 66.2 Å². The van der Waals surface area contributed by atoms with Gasteiger partial charge in [-0.3, -0.25) is 20.2 Å². The summed E-state index contributed by atoms with van der Waals surface area (Å²) in [6, 6.07) is 12.1. The fourth-order valence-corrected chi connectivity index (χ4v) is 2.70. The monoisotopic (exact) mass is 627 g/mol. The van der Waals surface area contributed by atoms with Crippen LogP contribution in [0.3, 0.4) is 0 Å². The van der Waals surface area contributed by atoms with Crippen LogP contribution in [0.25, 0.3) is 11.4 Å². The SMILES string of the molecule is CC(C)(C)c1ccn[nH]1.CC(C)(C)c1ccn[nH]1.Cc1ccnc(-c2cc(C)ccn2)c1.[Pt]. The van der Waals surface area contributed by atoms with Crippen molar-refractivity contribution in [1.82, 2.24) is 30.4 Å². The van der Waals surface area contributed by atoms with Gasteiger partial charge in [-0.1, -0.05) is 41.5 Å². The predicted molar refractivity (Wildman–Crippen MR) is 132 cm³/mol. The summed E-state index contributed by atoms with van der Waals surface area (Å²) in [5.41, 5.74) is 7.07. The van der Waals surface area contributed by atoms with Crippen molar-refractivity contribution in [3.63, 3.8) is 0 Å². The van der Waals surface area contributed by atoms with E-state index in [-0.39, 0.29) is 31.9 Å². The molecule has 0 radical (unpaired) electrons. The molecular weight excluding hydrogens is 591 g/mol. The topological polar surface area (TPSA) is 83.1 Å². The smallest absolute Gasteiger partial charge is 0.0888 e. The Kier molecular flexibility index (Phi) is 10.9. The molecule has 4 heterocycles. The number of hydrogen-bond donors (Lipinski definition) is 2. The minimum absolute atomic E-state index is 0. The maximum Gasteiger partial charge on any atom is 0.0888 e. The van der Waals surface area contributed by atoms with Crippen molar-refractivity contribution < 1.29 is 21.1 Å². The van der Waals surface area contributed by atoms with E-state index in [1.54, 1.807) is 12.4 Å². The first kappa shape index (κ1) is 28.4. The number of nitrogens with one attached hydrogen (secondary N) is 2. The van der Waals surface area contributed by atoms with Gasteiger partial charge in [-0.2, -0.15) is 10.2 Å². The van der Waals surface area contributed by atoms with E-state index < -0.39 is 0 Å². The molecule has 0 aliphatic carbocycles. The second-order valence-electron chi connectivity index (χ2n) is 9.88. The number of rotatable bonds is 1. The Labute approximate surface area is 212 Å². The van der Waals surface area contributed by atoms with Crippen LogP contribution >= 0.6 is 0 Å². The summed E-state index contributed by atoms with van der Waals surface area (Å²) in [5, 5.41) is 13.6. The molecule has 2 N–H and O–H groups in total. The van der Waals surface area contributed by atoms with Crippen molar-refractivity contribution in [3.05, 3.63) is 83.7 Å². The Bertz CT molecular complexity index is 971. The first-order valence-electron chi connectivity index (χ1n) is 10.8. The number of nitrogens with zero attached hydrogens (tertiary/aromatic N) is 4. The third-order valence-electron chi connectivity index (χ3n) is 4.71. The van der Waals surface area contributed by atoms with Gasteiger partial charge in [0.25, 0.3) is 0 Å². The fraction of sp³-hybridized carbons (Fsp3) is 0.385. The first-order chi connectivity index (χ1) is 15.0. The summed E-state index contributed by atoms with van der Waals surface area (Å²) in [7, 11) is 0. The summed E-state index contributed by atoms with van der Waals surface area (Å²) in [6.45, 7) is 17.0. The van der Waals surface area contributed by atoms with Crippen LogP contribution in [0.2, 0.25) is 0 Å². The Hall–Kier alpha value is -2.59. The third-order valence-corrected chi connectivity index (χ3v) is 4.71. The van der Waals surface area contributed by atoms with Gasteiger partial charge in [0.05, 0.1) is 11.4 Å². The molecule has 7 heteroatoms. The molecule has 0 fully saturated rings. The molecule has 4 aromatic heterocycles. The number of pyridine rings is 2. The quantitative estimate of drug-likeness (QED) is 0.265. The number of aromatic amines is 2. The molecule has 0 aliphatic rings. The molecule has 0 aromatic carbocycles. The second-order valence-corrected chi connectivity index (χ2v) is 9.88. The summed E-state index contributed by atoms with van der Waals surface area (Å²) in [4.78, 5) is 8.58. The largest absolute Gasteiger partial charge is 0.282 e. The molecule has 0 atom stereocenters. The van der Waals surface area contributed by atoms with Gasteiger partial charge < -0.3 is 0 Å². The first-order valence-corrected chi connectivity index (χ1v) is 10.8. The van der Waals surface area contributed by atoms with E-state index in [4.69, 9.17) is 0 Å². The summed E-state index contributed by atoms with van der Waals surface area (Å²) >= 11 is 0. The zero-order valence-corrected chi connectivity index (χ0v) is 23.2. The van der Waals surface area contributed by atoms with E-state index in [0.717, 1.165) is 11.4 Å². The third kappa shape index (κ3) is 9.83. The summed E-state index contributed by atoms with van der Waals surface area (Å²) in [6.07, 6.45) is 7.19. The van der Waals surface area contributed by atoms with E-state index >= 15 is 0 Å². The van der Waals surface area contributed by atoms with E-state index in [2.05, 4.69) is 85.8 Å². The van der Waals surface area contributed by atoms with Gasteiger partial charge in [-0.25, -0.2) is 0 Å². The predicted octanol–water partition coefficient (Wildman–Crippen LogP) is 6.17. The number of aromatic nitrogens is 6. The Morgan fingerprint density at radius 2 is 0.939 bits per heavy atom. The van der Waals surface area contributed by atoms with Crippen LogP contribution in [0.1, 0.15) is 64.1 Å². The zero-order chi connectivity index (χ0) is 23.8. The summed E-state index contributed by atoms with van der Waals surface area (Å²) < 4.78 is 0. The second kappa shape index (κ2) is 12.6. The minimum atomic E-state index is 0. The van der Waals surface area contributed by atoms with Gasteiger partial charge in [0.1, 0.15) is 0 Å². The van der Waals surface area contributed by atoms with E-state index in [9.17, 15) is 0 Å². The molecule has 33 heavy (non-hydrogen) atoms. The standard InChI is InChI=1S/C12H12N2.2C7H12N2.Pt/c1-9-3-5-13-11(7-9)12-8-10(2)4-6-14-12;2*1-7(2,3)6-4-5-8-9-6;/h3-8H,1-2H3;2*4-5H,1-3H3,(H,8,9);. The van der Waals surface area contributed by atoms with Crippen molar-refractivity contribution >= 4 is 0 Å². The number of aryl methyl sites for hydroxylation is 2. The molecule has 0 unspecified atom stereocenters. The van der Waals surface area contributed by atoms with Crippen LogP contribution in [0.4, 0.5) is 0 Å². The van der Waals surface area contributed by atoms with Gasteiger partial charge in [0, 0.05) is 68.1 Å². The molecular formula is C26H36N6Pt. The van der Waals surface area contributed by atoms with Crippen LogP contribution < -0.4 is 0 Å². The maximum absolute atomic E-state index is 4.29. The minimum Gasteiger partial charge on any atom is -0.282 e. The van der Waals surface area contributed by atoms with Crippen LogP contribution in [-0.4, -0.2) is 30.4 Å². The molecule has 180 valence electrons. The number of hydrogen-bond acceptors (Lipinski definition) is 4. The van der Waals surface area contributed by atoms with Crippen molar-refractivity contribution in [2.75, 3.05) is 0 Å². The van der Waals surface area contributed by atoms with E-state index in [1.165, 1.54) is 22.5 Å². The van der Waals surface area contributed by atoms with Crippen molar-refractivity contribution in [2.24, 2.45) is 0 Å². The Morgan fingerprint density at radius 3 is 1.15 bits per heavy atom. The van der Waals surface area contributed by atoms with Gasteiger partial charge >= 0.3 is 0 Å². The molecule has 6 nitrogen and oxygen atoms in total. The van der Waals surface area contributed by atoms with Crippen LogP contribution in [-0.2, 0) is 31.9 Å². The van der Waals surface area contributed by atoms with Gasteiger partial charge in [0.15, 0.2) is 0 Å². The van der Waals surface area contributed by atoms with Gasteiger partial charge in [-0.05, 0) is 61.4 Å². The molecule has 4 rings (SSSR count).